The van der Waals surface area contributed by atoms with Crippen molar-refractivity contribution in [3.05, 3.63) is 34.9 Å². The average molecular weight is 188 g/mol. The van der Waals surface area contributed by atoms with E-state index in [1.165, 1.54) is 12.0 Å². The average Bonchev–Trinajstić information content (AvgIpc) is 2.14. The Morgan fingerprint density at radius 3 is 2.50 bits per heavy atom. The minimum atomic E-state index is 0.737. The first-order chi connectivity index (χ1) is 6.59. The first-order valence-electron chi connectivity index (χ1n) is 5.70. The molecule has 0 bridgehead atoms. The fourth-order valence-corrected chi connectivity index (χ4v) is 2.73. The van der Waals surface area contributed by atoms with E-state index in [0.29, 0.717) is 0 Å². The van der Waals surface area contributed by atoms with Crippen molar-refractivity contribution in [2.45, 2.75) is 46.0 Å². The molecule has 0 radical (unpaired) electrons. The van der Waals surface area contributed by atoms with Gasteiger partial charge in [0.25, 0.3) is 0 Å². The van der Waals surface area contributed by atoms with Gasteiger partial charge in [0, 0.05) is 0 Å². The maximum absolute atomic E-state index is 2.38. The minimum Gasteiger partial charge on any atom is -0.0619 e. The normalized spacial score (nSPS) is 31.3. The van der Waals surface area contributed by atoms with E-state index < -0.39 is 0 Å². The highest BCUT2D eigenvalue weighted by Crippen LogP contribution is 2.42. The first kappa shape index (κ1) is 9.76. The molecule has 14 heavy (non-hydrogen) atoms. The lowest BCUT2D eigenvalue weighted by molar-refractivity contribution is 0.389. The molecule has 0 N–H and O–H groups in total. The molecule has 3 atom stereocenters. The lowest BCUT2D eigenvalue weighted by Crippen LogP contribution is -2.18. The van der Waals surface area contributed by atoms with Gasteiger partial charge in [0.05, 0.1) is 0 Å². The Balaban J connectivity index is 2.51. The minimum absolute atomic E-state index is 0.737. The molecule has 0 amide bonds. The van der Waals surface area contributed by atoms with Crippen molar-refractivity contribution in [1.29, 1.82) is 0 Å². The van der Waals surface area contributed by atoms with Crippen LogP contribution in [0.3, 0.4) is 0 Å². The van der Waals surface area contributed by atoms with Crippen LogP contribution in [-0.2, 0) is 0 Å². The van der Waals surface area contributed by atoms with Gasteiger partial charge in [-0.15, -0.1) is 0 Å². The van der Waals surface area contributed by atoms with Crippen LogP contribution in [-0.4, -0.2) is 0 Å². The van der Waals surface area contributed by atoms with Crippen LogP contribution in [0.4, 0.5) is 0 Å². The summed E-state index contributed by atoms with van der Waals surface area (Å²) in [5.41, 5.74) is 4.58. The molecule has 3 unspecified atom stereocenters. The Morgan fingerprint density at radius 2 is 1.79 bits per heavy atom. The molecule has 1 aliphatic carbocycles. The molecule has 0 heteroatoms. The topological polar surface area (TPSA) is 0 Å². The van der Waals surface area contributed by atoms with E-state index in [1.807, 2.05) is 0 Å². The molecular weight excluding hydrogens is 168 g/mol. The highest BCUT2D eigenvalue weighted by Gasteiger charge is 2.27. The van der Waals surface area contributed by atoms with Gasteiger partial charge in [-0.3, -0.25) is 0 Å². The Hall–Kier alpha value is -0.780. The van der Waals surface area contributed by atoms with E-state index in [4.69, 9.17) is 0 Å². The highest BCUT2D eigenvalue weighted by molar-refractivity contribution is 5.38. The van der Waals surface area contributed by atoms with Crippen LogP contribution in [0.5, 0.6) is 0 Å². The predicted octanol–water partition coefficient (Wildman–Crippen LogP) is 4.24. The van der Waals surface area contributed by atoms with Gasteiger partial charge in [0.15, 0.2) is 0 Å². The molecule has 1 aliphatic rings. The largest absolute Gasteiger partial charge is 0.0619 e. The zero-order valence-corrected chi connectivity index (χ0v) is 9.67. The summed E-state index contributed by atoms with van der Waals surface area (Å²) in [7, 11) is 0. The fourth-order valence-electron chi connectivity index (χ4n) is 2.73. The van der Waals surface area contributed by atoms with Crippen LogP contribution < -0.4 is 0 Å². The van der Waals surface area contributed by atoms with E-state index in [1.54, 1.807) is 11.1 Å². The van der Waals surface area contributed by atoms with Crippen molar-refractivity contribution < 1.29 is 0 Å². The monoisotopic (exact) mass is 188 g/mol. The predicted molar refractivity (Wildman–Crippen MR) is 61.8 cm³/mol. The van der Waals surface area contributed by atoms with E-state index in [9.17, 15) is 0 Å². The molecule has 0 fully saturated rings. The van der Waals surface area contributed by atoms with E-state index >= 15 is 0 Å². The molecule has 0 saturated carbocycles. The van der Waals surface area contributed by atoms with E-state index in [-0.39, 0.29) is 0 Å². The maximum atomic E-state index is 2.38. The molecule has 1 aromatic carbocycles. The molecule has 0 nitrogen and oxygen atoms in total. The standard InChI is InChI=1S/C14H20/c1-9-5-6-13-11(3)8-10(2)12(4)14(13)7-9/h5-7,10-12H,8H2,1-4H3. The molecule has 1 aromatic rings. The number of aryl methyl sites for hydroxylation is 1. The highest BCUT2D eigenvalue weighted by atomic mass is 14.3. The van der Waals surface area contributed by atoms with Gasteiger partial charge in [0.1, 0.15) is 0 Å². The van der Waals surface area contributed by atoms with Crippen molar-refractivity contribution in [1.82, 2.24) is 0 Å². The van der Waals surface area contributed by atoms with Crippen molar-refractivity contribution in [3.63, 3.8) is 0 Å². The quantitative estimate of drug-likeness (QED) is 0.571. The number of hydrogen-bond acceptors (Lipinski definition) is 0. The van der Waals surface area contributed by atoms with Crippen LogP contribution in [0.2, 0.25) is 0 Å². The number of hydrogen-bond donors (Lipinski definition) is 0. The van der Waals surface area contributed by atoms with Crippen molar-refractivity contribution in [3.8, 4) is 0 Å². The SMILES string of the molecule is Cc1ccc2c(c1)C(C)C(C)CC2C. The summed E-state index contributed by atoms with van der Waals surface area (Å²) in [5, 5.41) is 0. The number of rotatable bonds is 0. The van der Waals surface area contributed by atoms with Gasteiger partial charge in [-0.1, -0.05) is 44.5 Å². The van der Waals surface area contributed by atoms with E-state index in [2.05, 4.69) is 45.9 Å². The molecule has 2 rings (SSSR count). The second-order valence-electron chi connectivity index (χ2n) is 5.04. The van der Waals surface area contributed by atoms with Gasteiger partial charge in [-0.2, -0.15) is 0 Å². The van der Waals surface area contributed by atoms with E-state index in [0.717, 1.165) is 17.8 Å². The van der Waals surface area contributed by atoms with Gasteiger partial charge in [0.2, 0.25) is 0 Å². The molecule has 0 heterocycles. The van der Waals surface area contributed by atoms with Gasteiger partial charge >= 0.3 is 0 Å². The van der Waals surface area contributed by atoms with Crippen LogP contribution in [0.15, 0.2) is 18.2 Å². The first-order valence-corrected chi connectivity index (χ1v) is 5.70. The summed E-state index contributed by atoms with van der Waals surface area (Å²) >= 11 is 0. The molecule has 0 aromatic heterocycles. The summed E-state index contributed by atoms with van der Waals surface area (Å²) in [6, 6.07) is 6.96. The second-order valence-corrected chi connectivity index (χ2v) is 5.04. The van der Waals surface area contributed by atoms with Gasteiger partial charge in [-0.25, -0.2) is 0 Å². The summed E-state index contributed by atoms with van der Waals surface area (Å²) in [6.45, 7) is 9.30. The van der Waals surface area contributed by atoms with Crippen LogP contribution in [0.25, 0.3) is 0 Å². The Labute approximate surface area is 87.3 Å². The maximum Gasteiger partial charge on any atom is -0.0162 e. The van der Waals surface area contributed by atoms with Crippen LogP contribution in [0.1, 0.15) is 55.7 Å². The molecule has 0 spiro atoms. The summed E-state index contributed by atoms with van der Waals surface area (Å²) in [4.78, 5) is 0. The van der Waals surface area contributed by atoms with Gasteiger partial charge in [-0.05, 0) is 42.2 Å². The van der Waals surface area contributed by atoms with Crippen molar-refractivity contribution in [2.24, 2.45) is 5.92 Å². The molecule has 0 saturated heterocycles. The smallest absolute Gasteiger partial charge is 0.0162 e. The number of benzene rings is 1. The zero-order valence-electron chi connectivity index (χ0n) is 9.67. The second kappa shape index (κ2) is 3.42. The summed E-state index contributed by atoms with van der Waals surface area (Å²) in [5.74, 6) is 2.32. The van der Waals surface area contributed by atoms with Crippen molar-refractivity contribution >= 4 is 0 Å². The molecular formula is C14H20. The number of fused-ring (bicyclic) bond motifs is 1. The zero-order chi connectivity index (χ0) is 10.3. The van der Waals surface area contributed by atoms with Crippen LogP contribution in [0, 0.1) is 12.8 Å². The molecule has 76 valence electrons. The lowest BCUT2D eigenvalue weighted by atomic mass is 9.72. The van der Waals surface area contributed by atoms with Crippen LogP contribution >= 0.6 is 0 Å². The van der Waals surface area contributed by atoms with Gasteiger partial charge < -0.3 is 0 Å². The fraction of sp³-hybridized carbons (Fsp3) is 0.571. The third-order valence-corrected chi connectivity index (χ3v) is 3.84. The Morgan fingerprint density at radius 1 is 1.07 bits per heavy atom. The summed E-state index contributed by atoms with van der Waals surface area (Å²) in [6.07, 6.45) is 1.34. The Kier molecular flexibility index (Phi) is 2.38. The van der Waals surface area contributed by atoms with Crippen molar-refractivity contribution in [2.75, 3.05) is 0 Å². The summed E-state index contributed by atoms with van der Waals surface area (Å²) < 4.78 is 0. The Bertz CT molecular complexity index is 338. The third-order valence-electron chi connectivity index (χ3n) is 3.84. The third kappa shape index (κ3) is 1.47. The molecule has 0 aliphatic heterocycles. The lowest BCUT2D eigenvalue weighted by Gasteiger charge is -2.33.